The summed E-state index contributed by atoms with van der Waals surface area (Å²) >= 11 is 0. The zero-order chi connectivity index (χ0) is 20.1. The first-order valence-corrected chi connectivity index (χ1v) is 10.5. The third kappa shape index (κ3) is 5.10. The highest BCUT2D eigenvalue weighted by molar-refractivity contribution is 5.79. The Balaban J connectivity index is 1.58. The molecule has 2 fully saturated rings. The SMILES string of the molecule is Cc1cc(C(C(=O)O)N2CCC(C(=O)NC3CCCCCC3)CC2)ccc1F. The Hall–Kier alpha value is -1.95. The van der Waals surface area contributed by atoms with Gasteiger partial charge in [0, 0.05) is 25.0 Å². The van der Waals surface area contributed by atoms with Crippen molar-refractivity contribution in [3.05, 3.63) is 35.1 Å². The molecule has 6 heteroatoms. The van der Waals surface area contributed by atoms with Crippen molar-refractivity contribution in [2.45, 2.75) is 70.4 Å². The van der Waals surface area contributed by atoms with Crippen LogP contribution < -0.4 is 5.32 Å². The molecule has 5 nitrogen and oxygen atoms in total. The molecule has 3 rings (SSSR count). The van der Waals surface area contributed by atoms with Crippen LogP contribution >= 0.6 is 0 Å². The standard InChI is InChI=1S/C22H31FN2O3/c1-15-14-17(8-9-19(15)23)20(22(27)28)25-12-10-16(11-13-25)21(26)24-18-6-4-2-3-5-7-18/h8-9,14,16,18,20H,2-7,10-13H2,1H3,(H,24,26)(H,27,28). The van der Waals surface area contributed by atoms with E-state index in [4.69, 9.17) is 0 Å². The largest absolute Gasteiger partial charge is 0.480 e. The maximum atomic E-state index is 13.6. The number of carboxylic acid groups (broad SMARTS) is 1. The topological polar surface area (TPSA) is 69.6 Å². The Bertz CT molecular complexity index is 693. The highest BCUT2D eigenvalue weighted by Gasteiger charge is 2.33. The summed E-state index contributed by atoms with van der Waals surface area (Å²) in [6.45, 7) is 2.74. The molecule has 1 saturated carbocycles. The van der Waals surface area contributed by atoms with E-state index < -0.39 is 12.0 Å². The van der Waals surface area contributed by atoms with E-state index in [2.05, 4.69) is 5.32 Å². The van der Waals surface area contributed by atoms with Crippen molar-refractivity contribution in [2.24, 2.45) is 5.92 Å². The van der Waals surface area contributed by atoms with Crippen molar-refractivity contribution in [1.82, 2.24) is 10.2 Å². The van der Waals surface area contributed by atoms with Gasteiger partial charge < -0.3 is 10.4 Å². The van der Waals surface area contributed by atoms with E-state index in [1.807, 2.05) is 4.90 Å². The van der Waals surface area contributed by atoms with Gasteiger partial charge in [-0.2, -0.15) is 0 Å². The first-order valence-electron chi connectivity index (χ1n) is 10.5. The lowest BCUT2D eigenvalue weighted by atomic mass is 9.92. The predicted molar refractivity (Wildman–Crippen MR) is 105 cm³/mol. The molecule has 0 bridgehead atoms. The van der Waals surface area contributed by atoms with Gasteiger partial charge in [-0.15, -0.1) is 0 Å². The number of piperidine rings is 1. The van der Waals surface area contributed by atoms with Crippen LogP contribution in [0.25, 0.3) is 0 Å². The van der Waals surface area contributed by atoms with Crippen LogP contribution in [0, 0.1) is 18.7 Å². The van der Waals surface area contributed by atoms with E-state index in [9.17, 15) is 19.1 Å². The van der Waals surface area contributed by atoms with Crippen LogP contribution in [-0.2, 0) is 9.59 Å². The third-order valence-electron chi connectivity index (χ3n) is 6.20. The van der Waals surface area contributed by atoms with Gasteiger partial charge in [-0.1, -0.05) is 37.8 Å². The summed E-state index contributed by atoms with van der Waals surface area (Å²) in [6.07, 6.45) is 8.31. The molecule has 1 saturated heterocycles. The molecule has 1 heterocycles. The zero-order valence-corrected chi connectivity index (χ0v) is 16.6. The van der Waals surface area contributed by atoms with Crippen molar-refractivity contribution in [1.29, 1.82) is 0 Å². The zero-order valence-electron chi connectivity index (χ0n) is 16.6. The second-order valence-corrected chi connectivity index (χ2v) is 8.26. The van der Waals surface area contributed by atoms with E-state index in [0.29, 0.717) is 43.1 Å². The fraction of sp³-hybridized carbons (Fsp3) is 0.636. The Kier molecular flexibility index (Phi) is 7.05. The van der Waals surface area contributed by atoms with Crippen molar-refractivity contribution in [3.8, 4) is 0 Å². The van der Waals surface area contributed by atoms with Crippen LogP contribution in [0.3, 0.4) is 0 Å². The average Bonchev–Trinajstić information content (AvgIpc) is 2.94. The lowest BCUT2D eigenvalue weighted by Gasteiger charge is -2.35. The number of halogens is 1. The Morgan fingerprint density at radius 1 is 1.11 bits per heavy atom. The number of rotatable bonds is 5. The van der Waals surface area contributed by atoms with Crippen LogP contribution in [-0.4, -0.2) is 41.0 Å². The molecule has 28 heavy (non-hydrogen) atoms. The number of carbonyl (C=O) groups excluding carboxylic acids is 1. The Morgan fingerprint density at radius 2 is 1.75 bits per heavy atom. The predicted octanol–water partition coefficient (Wildman–Crippen LogP) is 3.81. The van der Waals surface area contributed by atoms with Gasteiger partial charge in [-0.25, -0.2) is 4.39 Å². The molecule has 2 aliphatic rings. The number of aryl methyl sites for hydroxylation is 1. The molecule has 1 aromatic rings. The summed E-state index contributed by atoms with van der Waals surface area (Å²) in [5.41, 5.74) is 1.04. The molecule has 1 aliphatic heterocycles. The monoisotopic (exact) mass is 390 g/mol. The maximum absolute atomic E-state index is 13.6. The molecule has 1 aliphatic carbocycles. The molecule has 154 valence electrons. The second-order valence-electron chi connectivity index (χ2n) is 8.26. The normalized spacial score (nSPS) is 21.1. The number of amides is 1. The van der Waals surface area contributed by atoms with E-state index >= 15 is 0 Å². The summed E-state index contributed by atoms with van der Waals surface area (Å²) in [6, 6.07) is 3.98. The van der Waals surface area contributed by atoms with Crippen molar-refractivity contribution in [2.75, 3.05) is 13.1 Å². The molecule has 0 spiro atoms. The van der Waals surface area contributed by atoms with Gasteiger partial charge in [-0.3, -0.25) is 14.5 Å². The van der Waals surface area contributed by atoms with Crippen LogP contribution in [0.2, 0.25) is 0 Å². The summed E-state index contributed by atoms with van der Waals surface area (Å²) in [5, 5.41) is 13.0. The minimum atomic E-state index is -0.938. The molecular formula is C22H31FN2O3. The summed E-state index contributed by atoms with van der Waals surface area (Å²) in [5.74, 6) is -1.20. The fourth-order valence-electron chi connectivity index (χ4n) is 4.51. The van der Waals surface area contributed by atoms with Crippen LogP contribution in [0.15, 0.2) is 18.2 Å². The highest BCUT2D eigenvalue weighted by atomic mass is 19.1. The van der Waals surface area contributed by atoms with E-state index in [0.717, 1.165) is 12.8 Å². The molecule has 0 radical (unpaired) electrons. The number of likely N-dealkylation sites (tertiary alicyclic amines) is 1. The highest BCUT2D eigenvalue weighted by Crippen LogP contribution is 2.29. The number of benzene rings is 1. The van der Waals surface area contributed by atoms with Gasteiger partial charge in [0.1, 0.15) is 11.9 Å². The number of nitrogens with one attached hydrogen (secondary N) is 1. The lowest BCUT2D eigenvalue weighted by Crippen LogP contribution is -2.45. The van der Waals surface area contributed by atoms with Gasteiger partial charge in [-0.05, 0) is 49.8 Å². The van der Waals surface area contributed by atoms with E-state index in [1.165, 1.54) is 31.7 Å². The maximum Gasteiger partial charge on any atom is 0.325 e. The van der Waals surface area contributed by atoms with E-state index in [1.54, 1.807) is 19.1 Å². The van der Waals surface area contributed by atoms with Gasteiger partial charge in [0.05, 0.1) is 0 Å². The number of carbonyl (C=O) groups is 2. The molecular weight excluding hydrogens is 359 g/mol. The number of aliphatic carboxylic acids is 1. The van der Waals surface area contributed by atoms with Crippen molar-refractivity contribution < 1.29 is 19.1 Å². The van der Waals surface area contributed by atoms with Crippen LogP contribution in [0.5, 0.6) is 0 Å². The molecule has 1 unspecified atom stereocenters. The summed E-state index contributed by atoms with van der Waals surface area (Å²) in [7, 11) is 0. The molecule has 1 amide bonds. The second kappa shape index (κ2) is 9.50. The van der Waals surface area contributed by atoms with Crippen LogP contribution in [0.4, 0.5) is 4.39 Å². The first-order chi connectivity index (χ1) is 13.5. The smallest absolute Gasteiger partial charge is 0.325 e. The van der Waals surface area contributed by atoms with Gasteiger partial charge in [0.2, 0.25) is 5.91 Å². The van der Waals surface area contributed by atoms with Crippen molar-refractivity contribution >= 4 is 11.9 Å². The summed E-state index contributed by atoms with van der Waals surface area (Å²) in [4.78, 5) is 26.4. The van der Waals surface area contributed by atoms with Gasteiger partial charge in [0.25, 0.3) is 0 Å². The third-order valence-corrected chi connectivity index (χ3v) is 6.20. The molecule has 1 aromatic carbocycles. The average molecular weight is 390 g/mol. The Morgan fingerprint density at radius 3 is 2.32 bits per heavy atom. The number of hydrogen-bond acceptors (Lipinski definition) is 3. The quantitative estimate of drug-likeness (QED) is 0.750. The molecule has 2 N–H and O–H groups in total. The summed E-state index contributed by atoms with van der Waals surface area (Å²) < 4.78 is 13.6. The Labute approximate surface area is 166 Å². The van der Waals surface area contributed by atoms with Crippen molar-refractivity contribution in [3.63, 3.8) is 0 Å². The van der Waals surface area contributed by atoms with E-state index in [-0.39, 0.29) is 17.6 Å². The van der Waals surface area contributed by atoms with Gasteiger partial charge >= 0.3 is 5.97 Å². The minimum Gasteiger partial charge on any atom is -0.480 e. The number of nitrogens with zero attached hydrogens (tertiary/aromatic N) is 1. The fourth-order valence-corrected chi connectivity index (χ4v) is 4.51. The number of hydrogen-bond donors (Lipinski definition) is 2. The van der Waals surface area contributed by atoms with Crippen LogP contribution in [0.1, 0.15) is 68.5 Å². The molecule has 1 atom stereocenters. The van der Waals surface area contributed by atoms with Gasteiger partial charge in [0.15, 0.2) is 0 Å². The first kappa shape index (κ1) is 20.8. The number of carboxylic acids is 1. The molecule has 0 aromatic heterocycles. The lowest BCUT2D eigenvalue weighted by molar-refractivity contribution is -0.144. The minimum absolute atomic E-state index is 0.0519.